The lowest BCUT2D eigenvalue weighted by Gasteiger charge is -2.35. The first kappa shape index (κ1) is 29.2. The molecule has 5 rings (SSSR count). The molecular formula is C33H32BrN3O5. The molecule has 0 fully saturated rings. The first-order valence-corrected chi connectivity index (χ1v) is 14.7. The molecule has 1 aromatic heterocycles. The Labute approximate surface area is 253 Å². The third kappa shape index (κ3) is 6.00. The number of amides is 1. The summed E-state index contributed by atoms with van der Waals surface area (Å²) in [6, 6.07) is 16.7. The number of methoxy groups -OCH3 is 1. The number of carbonyl (C=O) groups is 2. The average Bonchev–Trinajstić information content (AvgIpc) is 3.52. The van der Waals surface area contributed by atoms with Crippen LogP contribution in [-0.2, 0) is 11.4 Å². The van der Waals surface area contributed by atoms with Crippen molar-refractivity contribution in [3.63, 3.8) is 0 Å². The van der Waals surface area contributed by atoms with Crippen LogP contribution >= 0.6 is 15.9 Å². The molecule has 42 heavy (non-hydrogen) atoms. The lowest BCUT2D eigenvalue weighted by Crippen LogP contribution is -2.34. The minimum atomic E-state index is -0.579. The lowest BCUT2D eigenvalue weighted by molar-refractivity contribution is -0.117. The van der Waals surface area contributed by atoms with Crippen molar-refractivity contribution in [3.8, 4) is 17.6 Å². The normalized spacial score (nSPS) is 18.2. The predicted octanol–water partition coefficient (Wildman–Crippen LogP) is 7.40. The summed E-state index contributed by atoms with van der Waals surface area (Å²) < 4.78 is 17.5. The summed E-state index contributed by atoms with van der Waals surface area (Å²) >= 11 is 3.66. The molecular weight excluding hydrogens is 598 g/mol. The molecule has 2 heterocycles. The van der Waals surface area contributed by atoms with Crippen molar-refractivity contribution in [2.75, 3.05) is 12.4 Å². The van der Waals surface area contributed by atoms with Crippen molar-refractivity contribution < 1.29 is 23.5 Å². The number of ether oxygens (including phenoxy) is 2. The van der Waals surface area contributed by atoms with Gasteiger partial charge in [0.2, 0.25) is 0 Å². The Morgan fingerprint density at radius 3 is 2.76 bits per heavy atom. The highest BCUT2D eigenvalue weighted by molar-refractivity contribution is 9.10. The molecule has 216 valence electrons. The van der Waals surface area contributed by atoms with E-state index in [0.717, 1.165) is 36.2 Å². The zero-order chi connectivity index (χ0) is 29.8. The largest absolute Gasteiger partial charge is 0.497 e. The van der Waals surface area contributed by atoms with Gasteiger partial charge >= 0.3 is 0 Å². The van der Waals surface area contributed by atoms with Crippen molar-refractivity contribution in [1.82, 2.24) is 5.32 Å². The van der Waals surface area contributed by atoms with Crippen LogP contribution in [0.5, 0.6) is 11.5 Å². The molecule has 1 aliphatic heterocycles. The van der Waals surface area contributed by atoms with Gasteiger partial charge in [-0.2, -0.15) is 5.26 Å². The predicted molar refractivity (Wildman–Crippen MR) is 162 cm³/mol. The Hall–Kier alpha value is -4.29. The highest BCUT2D eigenvalue weighted by atomic mass is 79.9. The van der Waals surface area contributed by atoms with Crippen LogP contribution in [0.1, 0.15) is 67.1 Å². The number of halogens is 1. The second kappa shape index (κ2) is 12.7. The van der Waals surface area contributed by atoms with Gasteiger partial charge in [-0.3, -0.25) is 9.59 Å². The Balaban J connectivity index is 1.58. The number of benzene rings is 2. The average molecular weight is 631 g/mol. The molecule has 2 aromatic carbocycles. The zero-order valence-corrected chi connectivity index (χ0v) is 25.3. The number of carbonyl (C=O) groups excluding carboxylic acids is 2. The van der Waals surface area contributed by atoms with Crippen LogP contribution in [-0.4, -0.2) is 18.8 Å². The SMILES string of the molecule is CCCC1CC(=O)C2=C(C1)NC(C)=C(C#N)C2c1cc(Br)c(OCc2cccc(OC)c2)c(NC(=O)c2ccco2)c1. The first-order chi connectivity index (χ1) is 20.3. The monoisotopic (exact) mass is 629 g/mol. The molecule has 0 spiro atoms. The van der Waals surface area contributed by atoms with Gasteiger partial charge in [0, 0.05) is 23.4 Å². The molecule has 1 amide bonds. The van der Waals surface area contributed by atoms with Gasteiger partial charge in [0.05, 0.1) is 41.1 Å². The smallest absolute Gasteiger partial charge is 0.291 e. The molecule has 0 radical (unpaired) electrons. The second-order valence-electron chi connectivity index (χ2n) is 10.5. The fourth-order valence-electron chi connectivity index (χ4n) is 5.74. The van der Waals surface area contributed by atoms with Crippen LogP contribution in [0.3, 0.4) is 0 Å². The van der Waals surface area contributed by atoms with E-state index >= 15 is 0 Å². The van der Waals surface area contributed by atoms with E-state index in [2.05, 4.69) is 39.6 Å². The summed E-state index contributed by atoms with van der Waals surface area (Å²) in [4.78, 5) is 26.7. The fourth-order valence-corrected chi connectivity index (χ4v) is 6.34. The molecule has 1 aliphatic carbocycles. The van der Waals surface area contributed by atoms with Crippen LogP contribution < -0.4 is 20.1 Å². The number of rotatable bonds is 9. The van der Waals surface area contributed by atoms with E-state index in [-0.39, 0.29) is 24.1 Å². The number of nitriles is 1. The standard InChI is InChI=1S/C33H32BrN3O5/c1-4-7-20-13-26-31(28(38)14-20)30(24(17-35)19(2)36-26)22-15-25(34)32(42-18-21-8-5-9-23(12-21)40-3)27(16-22)37-33(39)29-10-6-11-41-29/h5-6,8-12,15-16,20,30,36H,4,7,13-14,18H2,1-3H3,(H,37,39). The molecule has 3 aromatic rings. The molecule has 2 unspecified atom stereocenters. The van der Waals surface area contributed by atoms with E-state index in [1.807, 2.05) is 37.3 Å². The van der Waals surface area contributed by atoms with Crippen LogP contribution in [0.4, 0.5) is 5.69 Å². The highest BCUT2D eigenvalue weighted by Crippen LogP contribution is 2.47. The van der Waals surface area contributed by atoms with Crippen molar-refractivity contribution in [1.29, 1.82) is 5.26 Å². The summed E-state index contributed by atoms with van der Waals surface area (Å²) in [6.07, 6.45) is 4.61. The summed E-state index contributed by atoms with van der Waals surface area (Å²) in [5, 5.41) is 16.5. The summed E-state index contributed by atoms with van der Waals surface area (Å²) in [5.74, 6) is 0.530. The Morgan fingerprint density at radius 1 is 1.21 bits per heavy atom. The summed E-state index contributed by atoms with van der Waals surface area (Å²) in [7, 11) is 1.60. The molecule has 2 N–H and O–H groups in total. The van der Waals surface area contributed by atoms with Gasteiger partial charge in [-0.05, 0) is 89.1 Å². The minimum Gasteiger partial charge on any atom is -0.497 e. The summed E-state index contributed by atoms with van der Waals surface area (Å²) in [6.45, 7) is 4.20. The van der Waals surface area contributed by atoms with Gasteiger partial charge in [0.1, 0.15) is 12.4 Å². The van der Waals surface area contributed by atoms with Gasteiger partial charge in [0.25, 0.3) is 5.91 Å². The number of anilines is 1. The third-order valence-electron chi connectivity index (χ3n) is 7.64. The molecule has 2 aliphatic rings. The second-order valence-corrected chi connectivity index (χ2v) is 11.4. The van der Waals surface area contributed by atoms with E-state index in [1.54, 1.807) is 25.3 Å². The molecule has 8 nitrogen and oxygen atoms in total. The third-order valence-corrected chi connectivity index (χ3v) is 8.23. The Morgan fingerprint density at radius 2 is 2.05 bits per heavy atom. The number of nitrogens with one attached hydrogen (secondary N) is 2. The molecule has 2 atom stereocenters. The number of nitrogens with zero attached hydrogens (tertiary/aromatic N) is 1. The number of allylic oxidation sites excluding steroid dienone is 4. The van der Waals surface area contributed by atoms with Crippen molar-refractivity contribution in [3.05, 3.63) is 98.7 Å². The van der Waals surface area contributed by atoms with Crippen LogP contribution in [0.25, 0.3) is 0 Å². The lowest BCUT2D eigenvalue weighted by atomic mass is 9.72. The van der Waals surface area contributed by atoms with Gasteiger partial charge in [-0.1, -0.05) is 25.5 Å². The quantitative estimate of drug-likeness (QED) is 0.253. The number of Topliss-reactive ketones (excluding diaryl/α,β-unsaturated/α-hetero) is 1. The highest BCUT2D eigenvalue weighted by Gasteiger charge is 2.39. The van der Waals surface area contributed by atoms with E-state index in [9.17, 15) is 14.9 Å². The maximum absolute atomic E-state index is 13.6. The van der Waals surface area contributed by atoms with Crippen LogP contribution in [0.15, 0.2) is 86.2 Å². The number of furan rings is 1. The van der Waals surface area contributed by atoms with E-state index in [1.165, 1.54) is 6.26 Å². The topological polar surface area (TPSA) is 114 Å². The van der Waals surface area contributed by atoms with Crippen molar-refractivity contribution >= 4 is 33.3 Å². The van der Waals surface area contributed by atoms with Gasteiger partial charge in [0.15, 0.2) is 17.3 Å². The fraction of sp³-hybridized carbons (Fsp3) is 0.303. The number of dihydropyridines is 1. The number of hydrogen-bond donors (Lipinski definition) is 2. The minimum absolute atomic E-state index is 0.0445. The van der Waals surface area contributed by atoms with Crippen molar-refractivity contribution in [2.24, 2.45) is 5.92 Å². The van der Waals surface area contributed by atoms with E-state index in [0.29, 0.717) is 44.8 Å². The number of ketones is 1. The summed E-state index contributed by atoms with van der Waals surface area (Å²) in [5.41, 5.74) is 4.63. The van der Waals surface area contributed by atoms with Gasteiger partial charge in [-0.15, -0.1) is 0 Å². The molecule has 0 saturated heterocycles. The number of hydrogen-bond acceptors (Lipinski definition) is 7. The van der Waals surface area contributed by atoms with E-state index < -0.39 is 11.8 Å². The molecule has 9 heteroatoms. The maximum Gasteiger partial charge on any atom is 0.291 e. The zero-order valence-electron chi connectivity index (χ0n) is 23.8. The van der Waals surface area contributed by atoms with Crippen molar-refractivity contribution in [2.45, 2.75) is 52.1 Å². The van der Waals surface area contributed by atoms with E-state index in [4.69, 9.17) is 13.9 Å². The molecule has 0 bridgehead atoms. The first-order valence-electron chi connectivity index (χ1n) is 13.9. The Bertz CT molecular complexity index is 1620. The molecule has 0 saturated carbocycles. The van der Waals surface area contributed by atoms with Gasteiger partial charge < -0.3 is 24.5 Å². The van der Waals surface area contributed by atoms with Gasteiger partial charge in [-0.25, -0.2) is 0 Å². The van der Waals surface area contributed by atoms with Crippen LogP contribution in [0, 0.1) is 17.2 Å². The van der Waals surface area contributed by atoms with Crippen LogP contribution in [0.2, 0.25) is 0 Å². The Kier molecular flexibility index (Phi) is 8.83. The maximum atomic E-state index is 13.6.